The minimum atomic E-state index is 0.568. The van der Waals surface area contributed by atoms with Gasteiger partial charge in [-0.25, -0.2) is 4.98 Å². The van der Waals surface area contributed by atoms with Crippen LogP contribution >= 0.6 is 11.3 Å². The van der Waals surface area contributed by atoms with E-state index < -0.39 is 0 Å². The third kappa shape index (κ3) is 2.08. The predicted molar refractivity (Wildman–Crippen MR) is 73.1 cm³/mol. The number of hydrogen-bond acceptors (Lipinski definition) is 4. The molecule has 18 heavy (non-hydrogen) atoms. The summed E-state index contributed by atoms with van der Waals surface area (Å²) in [5.41, 5.74) is 9.79. The van der Waals surface area contributed by atoms with E-state index in [1.165, 1.54) is 0 Å². The van der Waals surface area contributed by atoms with Gasteiger partial charge in [0.15, 0.2) is 0 Å². The molecule has 3 aromatic rings. The van der Waals surface area contributed by atoms with E-state index in [0.29, 0.717) is 6.54 Å². The molecule has 3 rings (SSSR count). The Morgan fingerprint density at radius 3 is 2.61 bits per heavy atom. The molecule has 0 aliphatic heterocycles. The van der Waals surface area contributed by atoms with Crippen molar-refractivity contribution in [3.63, 3.8) is 0 Å². The Morgan fingerprint density at radius 2 is 1.94 bits per heavy atom. The molecule has 0 aliphatic rings. The Morgan fingerprint density at radius 1 is 1.11 bits per heavy atom. The normalized spacial score (nSPS) is 10.7. The van der Waals surface area contributed by atoms with Crippen LogP contribution in [-0.4, -0.2) is 4.98 Å². The molecule has 90 valence electrons. The molecule has 0 saturated heterocycles. The fourth-order valence-corrected chi connectivity index (χ4v) is 2.57. The van der Waals surface area contributed by atoms with Crippen LogP contribution < -0.4 is 5.73 Å². The van der Waals surface area contributed by atoms with Crippen LogP contribution in [0.3, 0.4) is 0 Å². The molecular weight excluding hydrogens is 244 g/mol. The fourth-order valence-electron chi connectivity index (χ4n) is 1.73. The average molecular weight is 256 g/mol. The first-order valence-corrected chi connectivity index (χ1v) is 6.52. The molecule has 0 radical (unpaired) electrons. The minimum absolute atomic E-state index is 0.568. The first-order chi connectivity index (χ1) is 8.86. The molecule has 0 unspecified atom stereocenters. The highest BCUT2D eigenvalue weighted by atomic mass is 32.1. The van der Waals surface area contributed by atoms with Crippen molar-refractivity contribution in [2.24, 2.45) is 5.73 Å². The van der Waals surface area contributed by atoms with Gasteiger partial charge in [-0.1, -0.05) is 24.3 Å². The maximum atomic E-state index is 5.58. The van der Waals surface area contributed by atoms with Gasteiger partial charge in [0.1, 0.15) is 5.01 Å². The van der Waals surface area contributed by atoms with Crippen LogP contribution in [0.2, 0.25) is 0 Å². The molecule has 0 aliphatic carbocycles. The number of furan rings is 1. The number of hydrogen-bond donors (Lipinski definition) is 1. The summed E-state index contributed by atoms with van der Waals surface area (Å²) in [6.07, 6.45) is 3.36. The smallest absolute Gasteiger partial charge is 0.124 e. The zero-order valence-corrected chi connectivity index (χ0v) is 10.5. The molecule has 3 nitrogen and oxygen atoms in total. The quantitative estimate of drug-likeness (QED) is 0.780. The third-order valence-corrected chi connectivity index (χ3v) is 3.65. The Hall–Kier alpha value is -1.91. The highest BCUT2D eigenvalue weighted by molar-refractivity contribution is 7.13. The Labute approximate surface area is 109 Å². The van der Waals surface area contributed by atoms with Gasteiger partial charge in [0.05, 0.1) is 18.2 Å². The highest BCUT2D eigenvalue weighted by Crippen LogP contribution is 2.29. The molecule has 2 N–H and O–H groups in total. The van der Waals surface area contributed by atoms with Gasteiger partial charge >= 0.3 is 0 Å². The van der Waals surface area contributed by atoms with Crippen LogP contribution in [0.25, 0.3) is 21.8 Å². The van der Waals surface area contributed by atoms with E-state index >= 15 is 0 Å². The van der Waals surface area contributed by atoms with E-state index in [2.05, 4.69) is 17.1 Å². The van der Waals surface area contributed by atoms with Gasteiger partial charge in [-0.05, 0) is 11.6 Å². The largest absolute Gasteiger partial charge is 0.472 e. The molecular formula is C14H12N2OS. The van der Waals surface area contributed by atoms with Crippen molar-refractivity contribution in [2.45, 2.75) is 6.54 Å². The maximum absolute atomic E-state index is 5.58. The highest BCUT2D eigenvalue weighted by Gasteiger charge is 2.07. The van der Waals surface area contributed by atoms with Crippen LogP contribution in [0.4, 0.5) is 0 Å². The number of nitrogens with zero attached hydrogens (tertiary/aromatic N) is 1. The molecule has 0 bridgehead atoms. The van der Waals surface area contributed by atoms with Crippen LogP contribution in [-0.2, 0) is 6.54 Å². The Kier molecular flexibility index (Phi) is 2.96. The van der Waals surface area contributed by atoms with Crippen molar-refractivity contribution in [1.82, 2.24) is 4.98 Å². The summed E-state index contributed by atoms with van der Waals surface area (Å²) in [6.45, 7) is 0.568. The Bertz CT molecular complexity index is 626. The van der Waals surface area contributed by atoms with Crippen molar-refractivity contribution in [3.05, 3.63) is 53.8 Å². The lowest BCUT2D eigenvalue weighted by atomic mass is 10.1. The number of benzene rings is 1. The first kappa shape index (κ1) is 11.2. The molecule has 0 amide bonds. The van der Waals surface area contributed by atoms with E-state index in [1.54, 1.807) is 23.9 Å². The van der Waals surface area contributed by atoms with Gasteiger partial charge in [0.2, 0.25) is 0 Å². The summed E-state index contributed by atoms with van der Waals surface area (Å²) < 4.78 is 5.06. The molecule has 2 heterocycles. The Balaban J connectivity index is 1.92. The lowest BCUT2D eigenvalue weighted by Gasteiger charge is -1.98. The van der Waals surface area contributed by atoms with Gasteiger partial charge in [0, 0.05) is 23.1 Å². The van der Waals surface area contributed by atoms with Gasteiger partial charge in [0.25, 0.3) is 0 Å². The molecule has 0 atom stereocenters. The molecule has 0 saturated carbocycles. The van der Waals surface area contributed by atoms with Crippen LogP contribution in [0.1, 0.15) is 5.56 Å². The van der Waals surface area contributed by atoms with Crippen LogP contribution in [0.15, 0.2) is 52.7 Å². The summed E-state index contributed by atoms with van der Waals surface area (Å²) in [5.74, 6) is 0. The molecule has 0 spiro atoms. The summed E-state index contributed by atoms with van der Waals surface area (Å²) in [5, 5.41) is 3.05. The average Bonchev–Trinajstić information content (AvgIpc) is 3.09. The van der Waals surface area contributed by atoms with E-state index in [-0.39, 0.29) is 0 Å². The third-order valence-electron chi connectivity index (χ3n) is 2.76. The second-order valence-corrected chi connectivity index (χ2v) is 4.81. The summed E-state index contributed by atoms with van der Waals surface area (Å²) in [6, 6.07) is 10.1. The van der Waals surface area contributed by atoms with E-state index in [1.807, 2.05) is 23.6 Å². The lowest BCUT2D eigenvalue weighted by molar-refractivity contribution is 0.568. The molecule has 0 fully saturated rings. The first-order valence-electron chi connectivity index (χ1n) is 5.64. The molecule has 2 aromatic heterocycles. The van der Waals surface area contributed by atoms with Crippen molar-refractivity contribution in [3.8, 4) is 21.8 Å². The summed E-state index contributed by atoms with van der Waals surface area (Å²) >= 11 is 1.63. The number of nitrogens with two attached hydrogens (primary N) is 1. The van der Waals surface area contributed by atoms with Crippen molar-refractivity contribution >= 4 is 11.3 Å². The SMILES string of the molecule is NCc1ccc(-c2nc(-c3ccoc3)cs2)cc1. The van der Waals surface area contributed by atoms with Crippen molar-refractivity contribution in [1.29, 1.82) is 0 Å². The van der Waals surface area contributed by atoms with E-state index in [0.717, 1.165) is 27.4 Å². The summed E-state index contributed by atoms with van der Waals surface area (Å²) in [4.78, 5) is 4.61. The lowest BCUT2D eigenvalue weighted by Crippen LogP contribution is -1.95. The second-order valence-electron chi connectivity index (χ2n) is 3.95. The minimum Gasteiger partial charge on any atom is -0.472 e. The number of aromatic nitrogens is 1. The van der Waals surface area contributed by atoms with Crippen molar-refractivity contribution < 1.29 is 4.42 Å². The van der Waals surface area contributed by atoms with Crippen LogP contribution in [0.5, 0.6) is 0 Å². The second kappa shape index (κ2) is 4.76. The van der Waals surface area contributed by atoms with Crippen molar-refractivity contribution in [2.75, 3.05) is 0 Å². The van der Waals surface area contributed by atoms with Gasteiger partial charge in [-0.2, -0.15) is 0 Å². The van der Waals surface area contributed by atoms with E-state index in [9.17, 15) is 0 Å². The molecule has 4 heteroatoms. The summed E-state index contributed by atoms with van der Waals surface area (Å²) in [7, 11) is 0. The predicted octanol–water partition coefficient (Wildman–Crippen LogP) is 3.53. The number of rotatable bonds is 3. The van der Waals surface area contributed by atoms with Gasteiger partial charge < -0.3 is 10.2 Å². The monoisotopic (exact) mass is 256 g/mol. The topological polar surface area (TPSA) is 52.0 Å². The molecule has 1 aromatic carbocycles. The zero-order valence-electron chi connectivity index (χ0n) is 9.67. The number of thiazole rings is 1. The standard InChI is InChI=1S/C14H12N2OS/c15-7-10-1-3-11(4-2-10)14-16-13(9-18-14)12-5-6-17-8-12/h1-6,8-9H,7,15H2. The van der Waals surface area contributed by atoms with Gasteiger partial charge in [-0.3, -0.25) is 0 Å². The van der Waals surface area contributed by atoms with Crippen LogP contribution in [0, 0.1) is 0 Å². The van der Waals surface area contributed by atoms with Gasteiger partial charge in [-0.15, -0.1) is 11.3 Å². The maximum Gasteiger partial charge on any atom is 0.124 e. The fraction of sp³-hybridized carbons (Fsp3) is 0.0714. The zero-order chi connectivity index (χ0) is 12.4. The van der Waals surface area contributed by atoms with E-state index in [4.69, 9.17) is 10.2 Å².